The third kappa shape index (κ3) is 4.55. The largest absolute Gasteiger partial charge is 0.491 e. The third-order valence-corrected chi connectivity index (χ3v) is 6.17. The van der Waals surface area contributed by atoms with E-state index in [1.807, 2.05) is 65.6 Å². The first-order valence-electron chi connectivity index (χ1n) is 11.0. The van der Waals surface area contributed by atoms with Crippen LogP contribution >= 0.6 is 11.6 Å². The number of amides is 1. The number of nitrogens with zero attached hydrogens (tertiary/aromatic N) is 5. The summed E-state index contributed by atoms with van der Waals surface area (Å²) in [6, 6.07) is 19.4. The number of hydrogen-bond acceptors (Lipinski definition) is 5. The van der Waals surface area contributed by atoms with Gasteiger partial charge in [-0.15, -0.1) is 0 Å². The maximum absolute atomic E-state index is 13.2. The second kappa shape index (κ2) is 9.60. The number of hydrogen-bond donors (Lipinski definition) is 0. The summed E-state index contributed by atoms with van der Waals surface area (Å²) in [7, 11) is 0. The van der Waals surface area contributed by atoms with Crippen molar-refractivity contribution in [3.05, 3.63) is 83.6 Å². The van der Waals surface area contributed by atoms with Crippen molar-refractivity contribution in [3.63, 3.8) is 0 Å². The molecule has 0 radical (unpaired) electrons. The molecular formula is C25H24ClN5O2. The topological polar surface area (TPSA) is 63.0 Å². The summed E-state index contributed by atoms with van der Waals surface area (Å²) < 4.78 is 7.54. The molecule has 0 spiro atoms. The summed E-state index contributed by atoms with van der Waals surface area (Å²) in [5, 5.41) is 5.09. The van der Waals surface area contributed by atoms with Crippen LogP contribution in [0.25, 0.3) is 16.9 Å². The zero-order valence-corrected chi connectivity index (χ0v) is 18.9. The van der Waals surface area contributed by atoms with Crippen molar-refractivity contribution < 1.29 is 9.53 Å². The molecule has 0 aliphatic carbocycles. The molecule has 0 atom stereocenters. The molecule has 2 aromatic carbocycles. The Morgan fingerprint density at radius 2 is 1.73 bits per heavy atom. The van der Waals surface area contributed by atoms with E-state index in [-0.39, 0.29) is 5.91 Å². The van der Waals surface area contributed by atoms with Crippen molar-refractivity contribution >= 4 is 23.2 Å². The quantitative estimate of drug-likeness (QED) is 0.436. The number of ether oxygens (including phenoxy) is 1. The number of fused-ring (bicyclic) bond motifs is 1. The lowest BCUT2D eigenvalue weighted by Crippen LogP contribution is -2.49. The minimum absolute atomic E-state index is 0.0327. The number of piperazine rings is 1. The predicted octanol–water partition coefficient (Wildman–Crippen LogP) is 3.89. The second-order valence-corrected chi connectivity index (χ2v) is 8.31. The molecular weight excluding hydrogens is 438 g/mol. The van der Waals surface area contributed by atoms with Crippen LogP contribution in [0.5, 0.6) is 5.75 Å². The summed E-state index contributed by atoms with van der Waals surface area (Å²) in [4.78, 5) is 21.9. The standard InChI is InChI=1S/C25H24ClN5O2/c26-21-8-4-5-9-23(21)33-17-16-29-12-14-30(15-13-29)25(32)20-18-28-31-22(10-11-27-24(20)31)19-6-2-1-3-7-19/h1-11,18H,12-17H2. The molecule has 0 unspecified atom stereocenters. The van der Waals surface area contributed by atoms with Crippen LogP contribution in [0.4, 0.5) is 0 Å². The number of para-hydroxylation sites is 1. The van der Waals surface area contributed by atoms with E-state index >= 15 is 0 Å². The van der Waals surface area contributed by atoms with Crippen molar-refractivity contribution in [1.29, 1.82) is 0 Å². The van der Waals surface area contributed by atoms with Crippen LogP contribution in [0.2, 0.25) is 5.02 Å². The maximum Gasteiger partial charge on any atom is 0.259 e. The Balaban J connectivity index is 1.21. The number of rotatable bonds is 6. The van der Waals surface area contributed by atoms with Gasteiger partial charge in [0.2, 0.25) is 0 Å². The normalized spacial score (nSPS) is 14.5. The van der Waals surface area contributed by atoms with E-state index in [9.17, 15) is 4.79 Å². The highest BCUT2D eigenvalue weighted by atomic mass is 35.5. The first-order valence-corrected chi connectivity index (χ1v) is 11.4. The average molecular weight is 462 g/mol. The van der Waals surface area contributed by atoms with Crippen molar-refractivity contribution in [2.24, 2.45) is 0 Å². The van der Waals surface area contributed by atoms with Crippen molar-refractivity contribution in [3.8, 4) is 17.0 Å². The molecule has 168 valence electrons. The summed E-state index contributed by atoms with van der Waals surface area (Å²) in [6.07, 6.45) is 3.36. The Hall–Kier alpha value is -3.42. The molecule has 7 nitrogen and oxygen atoms in total. The van der Waals surface area contributed by atoms with Crippen molar-refractivity contribution in [1.82, 2.24) is 24.4 Å². The highest BCUT2D eigenvalue weighted by molar-refractivity contribution is 6.32. The first kappa shape index (κ1) is 21.4. The van der Waals surface area contributed by atoms with E-state index in [1.54, 1.807) is 16.9 Å². The molecule has 2 aromatic heterocycles. The fraction of sp³-hybridized carbons (Fsp3) is 0.240. The van der Waals surface area contributed by atoms with E-state index in [4.69, 9.17) is 16.3 Å². The molecule has 8 heteroatoms. The number of halogens is 1. The summed E-state index contributed by atoms with van der Waals surface area (Å²) >= 11 is 6.14. The molecule has 0 bridgehead atoms. The Labute approximate surface area is 197 Å². The van der Waals surface area contributed by atoms with E-state index in [0.29, 0.717) is 41.7 Å². The van der Waals surface area contributed by atoms with Gasteiger partial charge in [-0.2, -0.15) is 5.10 Å². The van der Waals surface area contributed by atoms with Crippen LogP contribution in [0.1, 0.15) is 10.4 Å². The number of carbonyl (C=O) groups excluding carboxylic acids is 1. The van der Waals surface area contributed by atoms with Gasteiger partial charge in [-0.05, 0) is 18.2 Å². The zero-order valence-electron chi connectivity index (χ0n) is 18.1. The van der Waals surface area contributed by atoms with Gasteiger partial charge in [-0.25, -0.2) is 9.50 Å². The molecule has 4 aromatic rings. The van der Waals surface area contributed by atoms with Crippen LogP contribution < -0.4 is 4.74 Å². The molecule has 1 aliphatic heterocycles. The lowest BCUT2D eigenvalue weighted by atomic mass is 10.1. The summed E-state index contributed by atoms with van der Waals surface area (Å²) in [6.45, 7) is 4.23. The van der Waals surface area contributed by atoms with E-state index in [1.165, 1.54) is 0 Å². The van der Waals surface area contributed by atoms with Gasteiger partial charge < -0.3 is 9.64 Å². The van der Waals surface area contributed by atoms with Crippen LogP contribution in [0.3, 0.4) is 0 Å². The fourth-order valence-corrected chi connectivity index (χ4v) is 4.25. The summed E-state index contributed by atoms with van der Waals surface area (Å²) in [5.41, 5.74) is 3.04. The lowest BCUT2D eigenvalue weighted by Gasteiger charge is -2.34. The van der Waals surface area contributed by atoms with Gasteiger partial charge in [0.15, 0.2) is 5.65 Å². The van der Waals surface area contributed by atoms with Crippen molar-refractivity contribution in [2.75, 3.05) is 39.3 Å². The molecule has 1 aliphatic rings. The van der Waals surface area contributed by atoms with Crippen LogP contribution in [-0.2, 0) is 0 Å². The lowest BCUT2D eigenvalue weighted by molar-refractivity contribution is 0.0622. The van der Waals surface area contributed by atoms with Gasteiger partial charge in [0.25, 0.3) is 5.91 Å². The third-order valence-electron chi connectivity index (χ3n) is 5.86. The van der Waals surface area contributed by atoms with Crippen LogP contribution in [0, 0.1) is 0 Å². The highest BCUT2D eigenvalue weighted by Crippen LogP contribution is 2.23. The van der Waals surface area contributed by atoms with E-state index in [2.05, 4.69) is 15.0 Å². The predicted molar refractivity (Wildman–Crippen MR) is 128 cm³/mol. The molecule has 5 rings (SSSR count). The van der Waals surface area contributed by atoms with Crippen LogP contribution in [0.15, 0.2) is 73.1 Å². The van der Waals surface area contributed by atoms with Gasteiger partial charge >= 0.3 is 0 Å². The monoisotopic (exact) mass is 461 g/mol. The van der Waals surface area contributed by atoms with Gasteiger partial charge in [-0.3, -0.25) is 9.69 Å². The average Bonchev–Trinajstić information content (AvgIpc) is 3.30. The number of benzene rings is 2. The van der Waals surface area contributed by atoms with E-state index in [0.717, 1.165) is 30.9 Å². The molecule has 0 N–H and O–H groups in total. The molecule has 0 saturated carbocycles. The number of carbonyl (C=O) groups is 1. The minimum Gasteiger partial charge on any atom is -0.491 e. The molecule has 3 heterocycles. The minimum atomic E-state index is -0.0327. The van der Waals surface area contributed by atoms with E-state index < -0.39 is 0 Å². The van der Waals surface area contributed by atoms with Crippen LogP contribution in [-0.4, -0.2) is 69.6 Å². The second-order valence-electron chi connectivity index (χ2n) is 7.90. The Morgan fingerprint density at radius 1 is 0.970 bits per heavy atom. The molecule has 1 fully saturated rings. The SMILES string of the molecule is O=C(c1cnn2c(-c3ccccc3)ccnc12)N1CCN(CCOc2ccccc2Cl)CC1. The van der Waals surface area contributed by atoms with Gasteiger partial charge in [0, 0.05) is 44.5 Å². The van der Waals surface area contributed by atoms with Gasteiger partial charge in [0.05, 0.1) is 16.9 Å². The molecule has 1 amide bonds. The number of aromatic nitrogens is 3. The smallest absolute Gasteiger partial charge is 0.259 e. The Kier molecular flexibility index (Phi) is 6.24. The highest BCUT2D eigenvalue weighted by Gasteiger charge is 2.25. The Bertz CT molecular complexity index is 1250. The fourth-order valence-electron chi connectivity index (χ4n) is 4.06. The summed E-state index contributed by atoms with van der Waals surface area (Å²) in [5.74, 6) is 0.665. The molecule has 33 heavy (non-hydrogen) atoms. The van der Waals surface area contributed by atoms with Crippen molar-refractivity contribution in [2.45, 2.75) is 0 Å². The molecule has 1 saturated heterocycles. The maximum atomic E-state index is 13.2. The Morgan fingerprint density at radius 3 is 2.52 bits per heavy atom. The first-order chi connectivity index (χ1) is 16.2. The van der Waals surface area contributed by atoms with Gasteiger partial charge in [0.1, 0.15) is 17.9 Å². The zero-order chi connectivity index (χ0) is 22.6. The van der Waals surface area contributed by atoms with Gasteiger partial charge in [-0.1, -0.05) is 54.1 Å².